The number of hydrogen-bond acceptors (Lipinski definition) is 5. The predicted octanol–water partition coefficient (Wildman–Crippen LogP) is 7.32. The van der Waals surface area contributed by atoms with Gasteiger partial charge in [0.05, 0.1) is 40.0 Å². The molecule has 0 radical (unpaired) electrons. The van der Waals surface area contributed by atoms with E-state index in [2.05, 4.69) is 26.1 Å². The number of halogens is 4. The average Bonchev–Trinajstić information content (AvgIpc) is 2.84. The zero-order chi connectivity index (χ0) is 24.8. The van der Waals surface area contributed by atoms with Crippen molar-refractivity contribution < 1.29 is 18.6 Å². The molecule has 0 atom stereocenters. The van der Waals surface area contributed by atoms with Gasteiger partial charge in [-0.15, -0.1) is 0 Å². The molecule has 0 saturated carbocycles. The van der Waals surface area contributed by atoms with Crippen LogP contribution in [-0.4, -0.2) is 32.9 Å². The fourth-order valence-electron chi connectivity index (χ4n) is 3.82. The van der Waals surface area contributed by atoms with Gasteiger partial charge in [-0.3, -0.25) is 0 Å². The van der Waals surface area contributed by atoms with Crippen LogP contribution in [0.5, 0.6) is 11.5 Å². The topological polar surface area (TPSA) is 43.0 Å². The molecule has 0 bridgehead atoms. The Morgan fingerprint density at radius 3 is 2.57 bits per heavy atom. The Kier molecular flexibility index (Phi) is 9.00. The summed E-state index contributed by atoms with van der Waals surface area (Å²) in [5, 5.41) is 4.42. The first-order valence-corrected chi connectivity index (χ1v) is 12.9. The molecule has 9 heteroatoms. The van der Waals surface area contributed by atoms with E-state index in [1.54, 1.807) is 12.1 Å². The number of rotatable bonds is 9. The SMILES string of the molecule is CCOc1cc(CNc2ccc(N3CCOCC3)c(Cl)c2)cc(Br)c1OCc1c(F)cccc1Cl. The maximum absolute atomic E-state index is 14.2. The van der Waals surface area contributed by atoms with Crippen LogP contribution < -0.4 is 19.7 Å². The molecular weight excluding hydrogens is 558 g/mol. The molecule has 3 aromatic carbocycles. The quantitative estimate of drug-likeness (QED) is 0.286. The maximum atomic E-state index is 14.2. The summed E-state index contributed by atoms with van der Waals surface area (Å²) in [7, 11) is 0. The average molecular weight is 584 g/mol. The highest BCUT2D eigenvalue weighted by Crippen LogP contribution is 2.38. The molecule has 1 fully saturated rings. The van der Waals surface area contributed by atoms with Crippen molar-refractivity contribution in [1.82, 2.24) is 0 Å². The van der Waals surface area contributed by atoms with Crippen molar-refractivity contribution in [3.63, 3.8) is 0 Å². The molecule has 5 nitrogen and oxygen atoms in total. The molecule has 0 aromatic heterocycles. The van der Waals surface area contributed by atoms with Crippen LogP contribution in [-0.2, 0) is 17.9 Å². The van der Waals surface area contributed by atoms with Crippen molar-refractivity contribution in [1.29, 1.82) is 0 Å². The first kappa shape index (κ1) is 25.9. The van der Waals surface area contributed by atoms with Crippen molar-refractivity contribution in [2.45, 2.75) is 20.1 Å². The third kappa shape index (κ3) is 6.53. The van der Waals surface area contributed by atoms with E-state index < -0.39 is 5.82 Å². The number of benzene rings is 3. The molecule has 1 saturated heterocycles. The van der Waals surface area contributed by atoms with E-state index in [1.165, 1.54) is 6.07 Å². The fraction of sp³-hybridized carbons (Fsp3) is 0.308. The van der Waals surface area contributed by atoms with Crippen LogP contribution in [0.25, 0.3) is 0 Å². The van der Waals surface area contributed by atoms with E-state index >= 15 is 0 Å². The molecule has 0 unspecified atom stereocenters. The van der Waals surface area contributed by atoms with Crippen LogP contribution in [0, 0.1) is 5.82 Å². The molecule has 3 aromatic rings. The van der Waals surface area contributed by atoms with Gasteiger partial charge < -0.3 is 24.4 Å². The summed E-state index contributed by atoms with van der Waals surface area (Å²) in [6.45, 7) is 5.96. The molecule has 1 N–H and O–H groups in total. The van der Waals surface area contributed by atoms with Crippen LogP contribution in [0.4, 0.5) is 15.8 Å². The van der Waals surface area contributed by atoms with Gasteiger partial charge in [0, 0.05) is 30.9 Å². The van der Waals surface area contributed by atoms with Crippen molar-refractivity contribution in [3.8, 4) is 11.5 Å². The van der Waals surface area contributed by atoms with E-state index in [4.69, 9.17) is 37.4 Å². The predicted molar refractivity (Wildman–Crippen MR) is 143 cm³/mol. The van der Waals surface area contributed by atoms with E-state index in [0.717, 1.165) is 30.0 Å². The fourth-order valence-corrected chi connectivity index (χ4v) is 4.94. The molecule has 0 aliphatic carbocycles. The van der Waals surface area contributed by atoms with Gasteiger partial charge in [-0.05, 0) is 70.9 Å². The zero-order valence-corrected chi connectivity index (χ0v) is 22.4. The second kappa shape index (κ2) is 12.2. The molecule has 1 heterocycles. The molecule has 4 rings (SSSR count). The smallest absolute Gasteiger partial charge is 0.175 e. The van der Waals surface area contributed by atoms with Gasteiger partial charge in [0.25, 0.3) is 0 Å². The molecule has 0 amide bonds. The Balaban J connectivity index is 1.46. The molecule has 35 heavy (non-hydrogen) atoms. The van der Waals surface area contributed by atoms with Gasteiger partial charge in [-0.2, -0.15) is 0 Å². The molecule has 1 aliphatic rings. The Labute approximate surface area is 223 Å². The van der Waals surface area contributed by atoms with Crippen LogP contribution in [0.2, 0.25) is 10.0 Å². The lowest BCUT2D eigenvalue weighted by Crippen LogP contribution is -2.36. The monoisotopic (exact) mass is 582 g/mol. The minimum absolute atomic E-state index is 0.0181. The molecule has 186 valence electrons. The van der Waals surface area contributed by atoms with E-state index in [1.807, 2.05) is 37.3 Å². The lowest BCUT2D eigenvalue weighted by atomic mass is 10.1. The van der Waals surface area contributed by atoms with Crippen molar-refractivity contribution in [2.75, 3.05) is 43.1 Å². The van der Waals surface area contributed by atoms with Crippen LogP contribution in [0.1, 0.15) is 18.1 Å². The standard InChI is InChI=1S/C26H26BrCl2FN2O3/c1-2-34-25-13-17(12-20(27)26(25)35-16-19-21(28)4-3-5-23(19)30)15-31-18-6-7-24(22(29)14-18)32-8-10-33-11-9-32/h3-7,12-14,31H,2,8-11,15-16H2,1H3. The first-order valence-electron chi connectivity index (χ1n) is 11.3. The highest BCUT2D eigenvalue weighted by Gasteiger charge is 2.16. The van der Waals surface area contributed by atoms with Gasteiger partial charge in [-0.1, -0.05) is 29.3 Å². The second-order valence-corrected chi connectivity index (χ2v) is 9.61. The summed E-state index contributed by atoms with van der Waals surface area (Å²) in [5.74, 6) is 0.644. The third-order valence-corrected chi connectivity index (χ3v) is 6.83. The number of nitrogens with one attached hydrogen (secondary N) is 1. The minimum atomic E-state index is -0.411. The molecule has 1 aliphatic heterocycles. The highest BCUT2D eigenvalue weighted by atomic mass is 79.9. The third-order valence-electron chi connectivity index (χ3n) is 5.59. The Bertz CT molecular complexity index is 1160. The lowest BCUT2D eigenvalue weighted by molar-refractivity contribution is 0.122. The van der Waals surface area contributed by atoms with E-state index in [9.17, 15) is 4.39 Å². The Hall–Kier alpha value is -2.19. The van der Waals surface area contributed by atoms with Crippen LogP contribution >= 0.6 is 39.1 Å². The van der Waals surface area contributed by atoms with Crippen molar-refractivity contribution in [3.05, 3.63) is 80.0 Å². The number of hydrogen-bond donors (Lipinski definition) is 1. The van der Waals surface area contributed by atoms with Gasteiger partial charge in [0.15, 0.2) is 11.5 Å². The largest absolute Gasteiger partial charge is 0.490 e. The van der Waals surface area contributed by atoms with Gasteiger partial charge in [-0.25, -0.2) is 4.39 Å². The van der Waals surface area contributed by atoms with Crippen LogP contribution in [0.3, 0.4) is 0 Å². The summed E-state index contributed by atoms with van der Waals surface area (Å²) in [6, 6.07) is 14.4. The Morgan fingerprint density at radius 2 is 1.86 bits per heavy atom. The van der Waals surface area contributed by atoms with Crippen LogP contribution in [0.15, 0.2) is 53.0 Å². The van der Waals surface area contributed by atoms with Crippen molar-refractivity contribution >= 4 is 50.5 Å². The minimum Gasteiger partial charge on any atom is -0.490 e. The van der Waals surface area contributed by atoms with Crippen molar-refractivity contribution in [2.24, 2.45) is 0 Å². The van der Waals surface area contributed by atoms with Gasteiger partial charge in [0.1, 0.15) is 12.4 Å². The number of morpholine rings is 1. The van der Waals surface area contributed by atoms with Gasteiger partial charge in [0.2, 0.25) is 0 Å². The van der Waals surface area contributed by atoms with E-state index in [0.29, 0.717) is 57.9 Å². The van der Waals surface area contributed by atoms with Gasteiger partial charge >= 0.3 is 0 Å². The maximum Gasteiger partial charge on any atom is 0.175 e. The molecular formula is C26H26BrCl2FN2O3. The number of nitrogens with zero attached hydrogens (tertiary/aromatic N) is 1. The Morgan fingerprint density at radius 1 is 1.06 bits per heavy atom. The normalized spacial score (nSPS) is 13.6. The lowest BCUT2D eigenvalue weighted by Gasteiger charge is -2.29. The van der Waals surface area contributed by atoms with E-state index in [-0.39, 0.29) is 6.61 Å². The summed E-state index contributed by atoms with van der Waals surface area (Å²) >= 11 is 16.3. The highest BCUT2D eigenvalue weighted by molar-refractivity contribution is 9.10. The second-order valence-electron chi connectivity index (χ2n) is 7.95. The summed E-state index contributed by atoms with van der Waals surface area (Å²) in [6.07, 6.45) is 0. The number of anilines is 2. The first-order chi connectivity index (χ1) is 17.0. The summed E-state index contributed by atoms with van der Waals surface area (Å²) in [4.78, 5) is 2.23. The number of ether oxygens (including phenoxy) is 3. The summed E-state index contributed by atoms with van der Waals surface area (Å²) in [5.41, 5.74) is 3.20. The zero-order valence-electron chi connectivity index (χ0n) is 19.3. The summed E-state index contributed by atoms with van der Waals surface area (Å²) < 4.78 is 32.0. The molecule has 0 spiro atoms.